The summed E-state index contributed by atoms with van der Waals surface area (Å²) in [5, 5.41) is 0. The Bertz CT molecular complexity index is 3000. The van der Waals surface area contributed by atoms with Crippen LogP contribution in [0.3, 0.4) is 0 Å². The fourth-order valence-electron chi connectivity index (χ4n) is 9.81. The van der Waals surface area contributed by atoms with Crippen LogP contribution in [0.2, 0.25) is 0 Å². The van der Waals surface area contributed by atoms with Crippen molar-refractivity contribution in [1.29, 1.82) is 0 Å². The zero-order valence-corrected chi connectivity index (χ0v) is 33.3. The highest BCUT2D eigenvalue weighted by molar-refractivity contribution is 6.01. The molecule has 0 fully saturated rings. The molecule has 0 N–H and O–H groups in total. The standard InChI is InChI=1S/C56H41N3/c1-55(2)46-25-15-14-24-44(46)51-49(55)34-32-42(50(51)40-31-33-48-45(35-40)43-23-13-16-26-47(43)56(48,3)41-21-11-6-12-22-41)36-27-29-39(30-28-36)54-58-52(37-17-7-4-8-18-37)57-53(59-54)38-19-9-5-10-20-38/h4-35H,1-3H3. The van der Waals surface area contributed by atoms with Crippen LogP contribution in [-0.4, -0.2) is 15.0 Å². The van der Waals surface area contributed by atoms with Gasteiger partial charge in [0.1, 0.15) is 0 Å². The molecule has 1 unspecified atom stereocenters. The molecule has 0 radical (unpaired) electrons. The molecule has 0 saturated carbocycles. The maximum atomic E-state index is 5.02. The van der Waals surface area contributed by atoms with Crippen molar-refractivity contribution < 1.29 is 0 Å². The van der Waals surface area contributed by atoms with E-state index in [9.17, 15) is 0 Å². The van der Waals surface area contributed by atoms with Crippen LogP contribution in [0.25, 0.3) is 78.7 Å². The van der Waals surface area contributed by atoms with Gasteiger partial charge in [-0.05, 0) is 85.3 Å². The van der Waals surface area contributed by atoms with Gasteiger partial charge in [-0.1, -0.05) is 202 Å². The molecule has 8 aromatic carbocycles. The molecule has 1 atom stereocenters. The van der Waals surface area contributed by atoms with Crippen LogP contribution in [0.1, 0.15) is 48.6 Å². The highest BCUT2D eigenvalue weighted by Gasteiger charge is 2.42. The highest BCUT2D eigenvalue weighted by Crippen LogP contribution is 2.57. The van der Waals surface area contributed by atoms with Crippen LogP contribution in [0.15, 0.2) is 194 Å². The van der Waals surface area contributed by atoms with Gasteiger partial charge in [-0.3, -0.25) is 0 Å². The third kappa shape index (κ3) is 5.46. The van der Waals surface area contributed by atoms with E-state index in [-0.39, 0.29) is 10.8 Å². The zero-order valence-electron chi connectivity index (χ0n) is 33.3. The monoisotopic (exact) mass is 755 g/mol. The number of hydrogen-bond donors (Lipinski definition) is 0. The minimum absolute atomic E-state index is 0.135. The Balaban J connectivity index is 1.09. The average molecular weight is 756 g/mol. The number of aromatic nitrogens is 3. The predicted molar refractivity (Wildman–Crippen MR) is 242 cm³/mol. The van der Waals surface area contributed by atoms with Crippen LogP contribution in [-0.2, 0) is 10.8 Å². The summed E-state index contributed by atoms with van der Waals surface area (Å²) in [6, 6.07) is 69.9. The molecule has 59 heavy (non-hydrogen) atoms. The topological polar surface area (TPSA) is 38.7 Å². The molecule has 2 aliphatic carbocycles. The van der Waals surface area contributed by atoms with Gasteiger partial charge in [-0.25, -0.2) is 15.0 Å². The lowest BCUT2D eigenvalue weighted by Crippen LogP contribution is -2.22. The van der Waals surface area contributed by atoms with E-state index in [1.165, 1.54) is 66.8 Å². The Morgan fingerprint density at radius 3 is 1.39 bits per heavy atom. The molecule has 280 valence electrons. The van der Waals surface area contributed by atoms with Crippen molar-refractivity contribution in [3.63, 3.8) is 0 Å². The van der Waals surface area contributed by atoms with E-state index >= 15 is 0 Å². The molecular formula is C56H41N3. The largest absolute Gasteiger partial charge is 0.208 e. The first-order valence-corrected chi connectivity index (χ1v) is 20.4. The fourth-order valence-corrected chi connectivity index (χ4v) is 9.81. The molecule has 9 aromatic rings. The molecule has 3 nitrogen and oxygen atoms in total. The summed E-state index contributed by atoms with van der Waals surface area (Å²) in [6.07, 6.45) is 0. The summed E-state index contributed by atoms with van der Waals surface area (Å²) < 4.78 is 0. The second kappa shape index (κ2) is 13.4. The predicted octanol–water partition coefficient (Wildman–Crippen LogP) is 13.8. The van der Waals surface area contributed by atoms with Crippen LogP contribution < -0.4 is 0 Å². The maximum Gasteiger partial charge on any atom is 0.164 e. The smallest absolute Gasteiger partial charge is 0.164 e. The van der Waals surface area contributed by atoms with Crippen LogP contribution in [0.4, 0.5) is 0 Å². The molecule has 3 heteroatoms. The lowest BCUT2D eigenvalue weighted by atomic mass is 9.74. The van der Waals surface area contributed by atoms with E-state index in [1.807, 2.05) is 60.7 Å². The first kappa shape index (κ1) is 35.0. The summed E-state index contributed by atoms with van der Waals surface area (Å²) in [4.78, 5) is 15.0. The number of rotatable bonds is 6. The molecule has 0 aliphatic heterocycles. The van der Waals surface area contributed by atoms with Crippen molar-refractivity contribution in [3.05, 3.63) is 222 Å². The van der Waals surface area contributed by atoms with E-state index < -0.39 is 0 Å². The normalized spacial score (nSPS) is 15.6. The van der Waals surface area contributed by atoms with Gasteiger partial charge < -0.3 is 0 Å². The van der Waals surface area contributed by atoms with Gasteiger partial charge in [0.05, 0.1) is 0 Å². The molecular weight excluding hydrogens is 715 g/mol. The van der Waals surface area contributed by atoms with E-state index in [4.69, 9.17) is 15.0 Å². The lowest BCUT2D eigenvalue weighted by Gasteiger charge is -2.28. The molecule has 0 amide bonds. The van der Waals surface area contributed by atoms with Crippen molar-refractivity contribution in [2.45, 2.75) is 31.6 Å². The second-order valence-corrected chi connectivity index (χ2v) is 16.5. The molecule has 1 heterocycles. The van der Waals surface area contributed by atoms with E-state index in [0.29, 0.717) is 17.5 Å². The minimum Gasteiger partial charge on any atom is -0.208 e. The summed E-state index contributed by atoms with van der Waals surface area (Å²) in [5.74, 6) is 1.96. The average Bonchev–Trinajstić information content (AvgIpc) is 3.70. The minimum atomic E-state index is -0.257. The van der Waals surface area contributed by atoms with Gasteiger partial charge in [-0.15, -0.1) is 0 Å². The van der Waals surface area contributed by atoms with Gasteiger partial charge in [0.25, 0.3) is 0 Å². The number of fused-ring (bicyclic) bond motifs is 6. The Kier molecular flexibility index (Phi) is 7.96. The Morgan fingerprint density at radius 2 is 0.763 bits per heavy atom. The van der Waals surface area contributed by atoms with E-state index in [2.05, 4.69) is 154 Å². The van der Waals surface area contributed by atoms with Crippen molar-refractivity contribution in [1.82, 2.24) is 15.0 Å². The van der Waals surface area contributed by atoms with Gasteiger partial charge in [0, 0.05) is 27.5 Å². The molecule has 1 aromatic heterocycles. The van der Waals surface area contributed by atoms with Crippen molar-refractivity contribution in [3.8, 4) is 78.7 Å². The first-order valence-electron chi connectivity index (χ1n) is 20.4. The Hall–Kier alpha value is -7.23. The van der Waals surface area contributed by atoms with Crippen molar-refractivity contribution in [2.75, 3.05) is 0 Å². The number of benzene rings is 8. The zero-order chi connectivity index (χ0) is 39.7. The van der Waals surface area contributed by atoms with Crippen LogP contribution in [0, 0.1) is 0 Å². The van der Waals surface area contributed by atoms with E-state index in [0.717, 1.165) is 22.3 Å². The molecule has 0 spiro atoms. The maximum absolute atomic E-state index is 5.02. The summed E-state index contributed by atoms with van der Waals surface area (Å²) >= 11 is 0. The fraction of sp³-hybridized carbons (Fsp3) is 0.0893. The molecule has 2 aliphatic rings. The Labute approximate surface area is 345 Å². The number of hydrogen-bond acceptors (Lipinski definition) is 3. The number of nitrogens with zero attached hydrogens (tertiary/aromatic N) is 3. The molecule has 0 bridgehead atoms. The third-order valence-corrected chi connectivity index (χ3v) is 12.9. The summed E-state index contributed by atoms with van der Waals surface area (Å²) in [5.41, 5.74) is 19.2. The van der Waals surface area contributed by atoms with Gasteiger partial charge >= 0.3 is 0 Å². The lowest BCUT2D eigenvalue weighted by molar-refractivity contribution is 0.660. The van der Waals surface area contributed by atoms with Gasteiger partial charge in [0.2, 0.25) is 0 Å². The SMILES string of the molecule is CC1(C)c2ccccc2-c2c1ccc(-c1ccc(-c3nc(-c4ccccc4)nc(-c4ccccc4)n3)cc1)c2-c1ccc2c(c1)-c1ccccc1C2(C)c1ccccc1. The molecule has 11 rings (SSSR count). The second-order valence-electron chi connectivity index (χ2n) is 16.5. The third-order valence-electron chi connectivity index (χ3n) is 12.9. The summed E-state index contributed by atoms with van der Waals surface area (Å²) in [6.45, 7) is 7.11. The summed E-state index contributed by atoms with van der Waals surface area (Å²) in [7, 11) is 0. The molecule has 0 saturated heterocycles. The first-order chi connectivity index (χ1) is 28.9. The van der Waals surface area contributed by atoms with Crippen LogP contribution >= 0.6 is 0 Å². The van der Waals surface area contributed by atoms with E-state index in [1.54, 1.807) is 0 Å². The van der Waals surface area contributed by atoms with Gasteiger partial charge in [0.15, 0.2) is 17.5 Å². The Morgan fingerprint density at radius 1 is 0.305 bits per heavy atom. The highest BCUT2D eigenvalue weighted by atomic mass is 15.0. The van der Waals surface area contributed by atoms with Gasteiger partial charge in [-0.2, -0.15) is 0 Å². The quantitative estimate of drug-likeness (QED) is 0.170. The van der Waals surface area contributed by atoms with Crippen molar-refractivity contribution in [2.24, 2.45) is 0 Å². The van der Waals surface area contributed by atoms with Crippen LogP contribution in [0.5, 0.6) is 0 Å². The van der Waals surface area contributed by atoms with Crippen molar-refractivity contribution >= 4 is 0 Å².